The van der Waals surface area contributed by atoms with E-state index in [1.807, 2.05) is 18.7 Å². The van der Waals surface area contributed by atoms with Crippen LogP contribution in [0.1, 0.15) is 117 Å². The van der Waals surface area contributed by atoms with Gasteiger partial charge in [-0.3, -0.25) is 4.79 Å². The zero-order chi connectivity index (χ0) is 37.3. The molecule has 10 aliphatic rings. The number of nitrogens with one attached hydrogen (secondary N) is 1. The van der Waals surface area contributed by atoms with Gasteiger partial charge in [-0.25, -0.2) is 9.18 Å². The molecule has 288 valence electrons. The van der Waals surface area contributed by atoms with E-state index in [2.05, 4.69) is 37.4 Å². The van der Waals surface area contributed by atoms with Crippen molar-refractivity contribution < 1.29 is 24.2 Å². The predicted molar refractivity (Wildman–Crippen MR) is 205 cm³/mol. The van der Waals surface area contributed by atoms with Gasteiger partial charge in [-0.2, -0.15) is 0 Å². The lowest BCUT2D eigenvalue weighted by Crippen LogP contribution is -2.68. The van der Waals surface area contributed by atoms with Gasteiger partial charge in [0.25, 0.3) is 0 Å². The lowest BCUT2D eigenvalue weighted by Gasteiger charge is -2.71. The minimum absolute atomic E-state index is 0.0106. The van der Waals surface area contributed by atoms with Gasteiger partial charge in [-0.05, 0) is 150 Å². The summed E-state index contributed by atoms with van der Waals surface area (Å²) in [5, 5.41) is 27.8. The molecule has 2 spiro atoms. The van der Waals surface area contributed by atoms with Crippen LogP contribution in [0.5, 0.6) is 0 Å². The van der Waals surface area contributed by atoms with Crippen molar-refractivity contribution in [3.05, 3.63) is 58.4 Å². The molecule has 8 heteroatoms. The summed E-state index contributed by atoms with van der Waals surface area (Å²) in [5.74, 6) is 1.80. The number of benzene rings is 1. The molecule has 2 amide bonds. The molecular formula is C45H60ClFN2O4. The molecule has 8 atom stereocenters. The first-order valence-electron chi connectivity index (χ1n) is 20.9. The van der Waals surface area contributed by atoms with E-state index >= 15 is 4.39 Å². The van der Waals surface area contributed by atoms with Crippen LogP contribution in [0.4, 0.5) is 9.18 Å². The molecule has 7 fully saturated rings. The molecule has 0 aromatic heterocycles. The van der Waals surface area contributed by atoms with Gasteiger partial charge in [-0.1, -0.05) is 49.7 Å². The van der Waals surface area contributed by atoms with Gasteiger partial charge in [0.1, 0.15) is 5.82 Å². The molecule has 11 rings (SSSR count). The molecule has 0 saturated heterocycles. The molecule has 53 heavy (non-hydrogen) atoms. The minimum Gasteiger partial charge on any atom is -0.393 e. The number of aliphatic hydroxyl groups excluding tert-OH is 1. The van der Waals surface area contributed by atoms with Crippen molar-refractivity contribution in [1.82, 2.24) is 10.2 Å². The molecule has 3 N–H and O–H groups in total. The van der Waals surface area contributed by atoms with Crippen molar-refractivity contribution in [3.8, 4) is 0 Å². The molecule has 7 saturated carbocycles. The third-order valence-electron chi connectivity index (χ3n) is 17.3. The van der Waals surface area contributed by atoms with E-state index in [9.17, 15) is 19.8 Å². The number of ketones is 1. The highest BCUT2D eigenvalue weighted by Gasteiger charge is 2.74. The summed E-state index contributed by atoms with van der Waals surface area (Å²) < 4.78 is 15.2. The lowest BCUT2D eigenvalue weighted by molar-refractivity contribution is -0.179. The number of carbonyl (C=O) groups is 2. The van der Waals surface area contributed by atoms with E-state index in [1.54, 1.807) is 12.1 Å². The number of aliphatic hydroxyl groups is 2. The number of hydrogen-bond acceptors (Lipinski definition) is 4. The van der Waals surface area contributed by atoms with Crippen molar-refractivity contribution in [2.45, 2.75) is 135 Å². The first-order chi connectivity index (χ1) is 25.0. The van der Waals surface area contributed by atoms with Gasteiger partial charge >= 0.3 is 6.03 Å². The maximum Gasteiger partial charge on any atom is 0.317 e. The average molecular weight is 747 g/mol. The predicted octanol–water partition coefficient (Wildman–Crippen LogP) is 8.82. The molecule has 8 unspecified atom stereocenters. The Morgan fingerprint density at radius 3 is 2.23 bits per heavy atom. The minimum atomic E-state index is -1.14. The number of hydrogen-bond donors (Lipinski definition) is 3. The Morgan fingerprint density at radius 1 is 0.925 bits per heavy atom. The monoisotopic (exact) mass is 746 g/mol. The quantitative estimate of drug-likeness (QED) is 0.232. The molecule has 0 heterocycles. The number of nitrogens with zero attached hydrogens (tertiary/aromatic N) is 1. The first kappa shape index (κ1) is 36.4. The molecule has 6 bridgehead atoms. The Morgan fingerprint density at radius 2 is 1.57 bits per heavy atom. The number of halogens is 2. The van der Waals surface area contributed by atoms with Gasteiger partial charge in [0.2, 0.25) is 0 Å². The van der Waals surface area contributed by atoms with E-state index in [-0.39, 0.29) is 64.1 Å². The van der Waals surface area contributed by atoms with Gasteiger partial charge in [0.05, 0.1) is 18.2 Å². The maximum atomic E-state index is 15.2. The highest BCUT2D eigenvalue weighted by Crippen LogP contribution is 2.78. The Balaban J connectivity index is 1.09. The van der Waals surface area contributed by atoms with Crippen LogP contribution >= 0.6 is 11.6 Å². The second-order valence-electron chi connectivity index (χ2n) is 20.5. The SMILES string of the molecule is CC(C)NC(=O)N(CC12CC3CC(CC(C3)C1)C2)CC1(O)CCC2C34C=CC5(C=C3C(=O)Cc3c(F)cccc3Cl)CC(O)CCC5(C)C4CCC21C. The van der Waals surface area contributed by atoms with E-state index in [1.165, 1.54) is 44.6 Å². The smallest absolute Gasteiger partial charge is 0.317 e. The second-order valence-corrected chi connectivity index (χ2v) is 20.9. The summed E-state index contributed by atoms with van der Waals surface area (Å²) in [6, 6.07) is 4.49. The summed E-state index contributed by atoms with van der Waals surface area (Å²) in [7, 11) is 0. The first-order valence-corrected chi connectivity index (χ1v) is 21.3. The fourth-order valence-electron chi connectivity index (χ4n) is 15.4. The number of amides is 2. The number of Topliss-reactive ketones (excluding diaryl/α,β-unsaturated/α-hetero) is 1. The van der Waals surface area contributed by atoms with E-state index in [0.29, 0.717) is 19.4 Å². The van der Waals surface area contributed by atoms with E-state index in [0.717, 1.165) is 55.4 Å². The molecule has 0 radical (unpaired) electrons. The lowest BCUT2D eigenvalue weighted by atomic mass is 9.32. The number of urea groups is 1. The number of fused-ring (bicyclic) bond motifs is 1. The zero-order valence-corrected chi connectivity index (χ0v) is 33.0. The zero-order valence-electron chi connectivity index (χ0n) is 32.2. The summed E-state index contributed by atoms with van der Waals surface area (Å²) >= 11 is 6.51. The van der Waals surface area contributed by atoms with Crippen molar-refractivity contribution in [2.24, 2.45) is 56.7 Å². The standard InChI is InChI=1S/C45H60ClFN2O4/c1-27(2)48-39(52)49(25-42-20-28-16-29(21-42)18-30(17-28)22-42)26-44(53)13-10-38-41(44,4)12-9-37-40(3)11-8-31(50)23-43(40)14-15-45(37,38)33(24-43)36(51)19-32-34(46)6-5-7-35(32)47/h5-7,14-15,24,27-31,37-38,50,53H,8-13,16-23,25-26H2,1-4H3,(H,48,52). The third-order valence-corrected chi connectivity index (χ3v) is 17.6. The fraction of sp³-hybridized carbons (Fsp3) is 0.733. The van der Waals surface area contributed by atoms with Gasteiger partial charge in [-0.15, -0.1) is 0 Å². The Labute approximate surface area is 320 Å². The highest BCUT2D eigenvalue weighted by molar-refractivity contribution is 6.31. The van der Waals surface area contributed by atoms with Crippen molar-refractivity contribution in [2.75, 3.05) is 13.1 Å². The topological polar surface area (TPSA) is 89.9 Å². The van der Waals surface area contributed by atoms with Crippen LogP contribution in [0.25, 0.3) is 0 Å². The van der Waals surface area contributed by atoms with Crippen LogP contribution in [-0.4, -0.2) is 57.8 Å². The summed E-state index contributed by atoms with van der Waals surface area (Å²) in [6.45, 7) is 9.61. The van der Waals surface area contributed by atoms with Crippen LogP contribution in [0.3, 0.4) is 0 Å². The fourth-order valence-corrected chi connectivity index (χ4v) is 15.6. The van der Waals surface area contributed by atoms with Crippen LogP contribution in [0.2, 0.25) is 5.02 Å². The molecule has 1 aromatic carbocycles. The molecule has 0 aliphatic heterocycles. The highest BCUT2D eigenvalue weighted by atomic mass is 35.5. The summed E-state index contributed by atoms with van der Waals surface area (Å²) in [6.07, 6.45) is 18.9. The average Bonchev–Trinajstić information content (AvgIpc) is 3.35. The molecule has 6 nitrogen and oxygen atoms in total. The van der Waals surface area contributed by atoms with Crippen LogP contribution in [0.15, 0.2) is 42.0 Å². The van der Waals surface area contributed by atoms with Crippen molar-refractivity contribution in [3.63, 3.8) is 0 Å². The van der Waals surface area contributed by atoms with E-state index < -0.39 is 33.8 Å². The van der Waals surface area contributed by atoms with E-state index in [4.69, 9.17) is 11.6 Å². The van der Waals surface area contributed by atoms with Crippen LogP contribution in [-0.2, 0) is 11.2 Å². The van der Waals surface area contributed by atoms with Gasteiger partial charge in [0, 0.05) is 51.4 Å². The molecule has 10 aliphatic carbocycles. The molecule has 1 aromatic rings. The largest absolute Gasteiger partial charge is 0.393 e. The Hall–Kier alpha value is -2.22. The molecular weight excluding hydrogens is 687 g/mol. The second kappa shape index (κ2) is 12.1. The third kappa shape index (κ3) is 5.20. The summed E-state index contributed by atoms with van der Waals surface area (Å²) in [4.78, 5) is 31.0. The number of allylic oxidation sites excluding steroid dienone is 4. The number of carbonyl (C=O) groups excluding carboxylic acids is 2. The Kier molecular flexibility index (Phi) is 8.34. The van der Waals surface area contributed by atoms with Crippen molar-refractivity contribution >= 4 is 23.4 Å². The number of rotatable bonds is 8. The van der Waals surface area contributed by atoms with Crippen LogP contribution < -0.4 is 5.32 Å². The Bertz CT molecular complexity index is 1720. The van der Waals surface area contributed by atoms with Crippen LogP contribution in [0, 0.1) is 62.5 Å². The normalized spacial score (nSPS) is 45.8. The van der Waals surface area contributed by atoms with Gasteiger partial charge < -0.3 is 20.4 Å². The van der Waals surface area contributed by atoms with Crippen molar-refractivity contribution in [1.29, 1.82) is 0 Å². The maximum absolute atomic E-state index is 15.2. The van der Waals surface area contributed by atoms with Gasteiger partial charge in [0.15, 0.2) is 5.78 Å². The summed E-state index contributed by atoms with van der Waals surface area (Å²) in [5.41, 5.74) is -1.90.